The highest BCUT2D eigenvalue weighted by Gasteiger charge is 2.30. The van der Waals surface area contributed by atoms with E-state index < -0.39 is 10.2 Å². The topological polar surface area (TPSA) is 49.4 Å². The van der Waals surface area contributed by atoms with Crippen LogP contribution in [0, 0.1) is 0 Å². The van der Waals surface area contributed by atoms with E-state index in [1.54, 1.807) is 15.6 Å². The lowest BCUT2D eigenvalue weighted by Gasteiger charge is -2.33. The van der Waals surface area contributed by atoms with E-state index in [1.165, 1.54) is 0 Å². The van der Waals surface area contributed by atoms with Crippen LogP contribution in [0.3, 0.4) is 0 Å². The van der Waals surface area contributed by atoms with Crippen molar-refractivity contribution in [2.45, 2.75) is 45.2 Å². The summed E-state index contributed by atoms with van der Waals surface area (Å²) >= 11 is 1.57. The van der Waals surface area contributed by atoms with Gasteiger partial charge >= 0.3 is 0 Å². The average Bonchev–Trinajstić information content (AvgIpc) is 2.82. The van der Waals surface area contributed by atoms with Crippen LogP contribution in [0.4, 0.5) is 0 Å². The fourth-order valence-corrected chi connectivity index (χ4v) is 4.78. The third-order valence-electron chi connectivity index (χ3n) is 3.35. The minimum atomic E-state index is -3.37. The molecule has 1 aromatic rings. The maximum absolute atomic E-state index is 12.3. The minimum Gasteiger partial charge on any atom is -0.195 e. The zero-order valence-electron chi connectivity index (χ0n) is 10.8. The molecular weight excluding hydrogens is 268 g/mol. The van der Waals surface area contributed by atoms with Crippen molar-refractivity contribution in [3.63, 3.8) is 0 Å². The third kappa shape index (κ3) is 3.12. The zero-order valence-corrected chi connectivity index (χ0v) is 12.4. The van der Waals surface area contributed by atoms with E-state index in [9.17, 15) is 8.42 Å². The first kappa shape index (κ1) is 14.0. The summed E-state index contributed by atoms with van der Waals surface area (Å²) in [5.41, 5.74) is 0. The van der Waals surface area contributed by atoms with Crippen LogP contribution in [0.1, 0.15) is 44.0 Å². The lowest BCUT2D eigenvalue weighted by molar-refractivity contribution is 0.264. The Morgan fingerprint density at radius 2 is 2.28 bits per heavy atom. The van der Waals surface area contributed by atoms with Gasteiger partial charge in [-0.15, -0.1) is 11.3 Å². The number of piperidine rings is 1. The molecular formula is C12H20N2O2S2. The molecule has 0 radical (unpaired) electrons. The first-order valence-corrected chi connectivity index (χ1v) is 8.65. The van der Waals surface area contributed by atoms with E-state index >= 15 is 0 Å². The van der Waals surface area contributed by atoms with Gasteiger partial charge in [-0.05, 0) is 38.1 Å². The van der Waals surface area contributed by atoms with Crippen molar-refractivity contribution in [2.24, 2.45) is 0 Å². The van der Waals surface area contributed by atoms with Crippen molar-refractivity contribution >= 4 is 21.5 Å². The maximum Gasteiger partial charge on any atom is 0.280 e. The van der Waals surface area contributed by atoms with Gasteiger partial charge in [-0.25, -0.2) is 0 Å². The van der Waals surface area contributed by atoms with Gasteiger partial charge in [0.2, 0.25) is 0 Å². The van der Waals surface area contributed by atoms with E-state index in [1.807, 2.05) is 31.4 Å². The molecule has 1 fully saturated rings. The SMILES string of the molecule is C[C@@H](NS(=O)(=O)N1CCCC[C@@H]1C)c1cccs1. The molecule has 6 heteroatoms. The molecule has 0 aromatic carbocycles. The summed E-state index contributed by atoms with van der Waals surface area (Å²) in [6.45, 7) is 4.50. The number of rotatable bonds is 4. The predicted octanol–water partition coefficient (Wildman–Crippen LogP) is 2.52. The van der Waals surface area contributed by atoms with Gasteiger partial charge in [0.05, 0.1) is 6.04 Å². The van der Waals surface area contributed by atoms with E-state index in [4.69, 9.17) is 0 Å². The Bertz CT molecular complexity index is 470. The van der Waals surface area contributed by atoms with Gasteiger partial charge < -0.3 is 0 Å². The predicted molar refractivity (Wildman–Crippen MR) is 74.8 cm³/mol. The molecule has 2 heterocycles. The number of nitrogens with one attached hydrogen (secondary N) is 1. The summed E-state index contributed by atoms with van der Waals surface area (Å²) in [4.78, 5) is 1.04. The lowest BCUT2D eigenvalue weighted by Crippen LogP contribution is -2.48. The number of nitrogens with zero attached hydrogens (tertiary/aromatic N) is 1. The Kier molecular flexibility index (Phi) is 4.42. The molecule has 2 atom stereocenters. The molecule has 0 unspecified atom stereocenters. The molecule has 1 aliphatic heterocycles. The highest BCUT2D eigenvalue weighted by molar-refractivity contribution is 7.87. The highest BCUT2D eigenvalue weighted by atomic mass is 32.2. The summed E-state index contributed by atoms with van der Waals surface area (Å²) in [6.07, 6.45) is 3.03. The van der Waals surface area contributed by atoms with E-state index in [-0.39, 0.29) is 12.1 Å². The fraction of sp³-hybridized carbons (Fsp3) is 0.667. The van der Waals surface area contributed by atoms with Gasteiger partial charge in [-0.1, -0.05) is 12.5 Å². The van der Waals surface area contributed by atoms with Crippen molar-refractivity contribution in [3.8, 4) is 0 Å². The molecule has 0 amide bonds. The smallest absolute Gasteiger partial charge is 0.195 e. The van der Waals surface area contributed by atoms with Gasteiger partial charge in [0, 0.05) is 17.5 Å². The van der Waals surface area contributed by atoms with Crippen molar-refractivity contribution in [1.82, 2.24) is 9.03 Å². The molecule has 0 aliphatic carbocycles. The minimum absolute atomic E-state index is 0.104. The Morgan fingerprint density at radius 1 is 1.50 bits per heavy atom. The summed E-state index contributed by atoms with van der Waals surface area (Å²) in [5, 5.41) is 1.96. The molecule has 0 saturated carbocycles. The molecule has 102 valence electrons. The quantitative estimate of drug-likeness (QED) is 0.925. The zero-order chi connectivity index (χ0) is 13.2. The van der Waals surface area contributed by atoms with Crippen LogP contribution in [-0.2, 0) is 10.2 Å². The Morgan fingerprint density at radius 3 is 2.89 bits per heavy atom. The van der Waals surface area contributed by atoms with Crippen LogP contribution >= 0.6 is 11.3 Å². The molecule has 1 N–H and O–H groups in total. The van der Waals surface area contributed by atoms with Crippen LogP contribution < -0.4 is 4.72 Å². The van der Waals surface area contributed by atoms with Gasteiger partial charge in [-0.3, -0.25) is 0 Å². The largest absolute Gasteiger partial charge is 0.280 e. The summed E-state index contributed by atoms with van der Waals surface area (Å²) < 4.78 is 29.0. The second-order valence-electron chi connectivity index (χ2n) is 4.82. The first-order chi connectivity index (χ1) is 8.50. The van der Waals surface area contributed by atoms with Crippen molar-refractivity contribution in [2.75, 3.05) is 6.54 Å². The van der Waals surface area contributed by atoms with Crippen molar-refractivity contribution in [1.29, 1.82) is 0 Å². The number of thiophene rings is 1. The second kappa shape index (κ2) is 5.69. The van der Waals surface area contributed by atoms with Gasteiger partial charge in [0.25, 0.3) is 10.2 Å². The van der Waals surface area contributed by atoms with Crippen LogP contribution in [-0.4, -0.2) is 25.3 Å². The Labute approximate surface area is 113 Å². The fourth-order valence-electron chi connectivity index (χ4n) is 2.32. The standard InChI is InChI=1S/C12H20N2O2S2/c1-10-6-3-4-8-14(10)18(15,16)13-11(2)12-7-5-9-17-12/h5,7,9-11,13H,3-4,6,8H2,1-2H3/t10-,11+/m0/s1. The lowest BCUT2D eigenvalue weighted by atomic mass is 10.1. The summed E-state index contributed by atoms with van der Waals surface area (Å²) in [6, 6.07) is 3.84. The third-order valence-corrected chi connectivity index (χ3v) is 6.21. The van der Waals surface area contributed by atoms with Crippen LogP contribution in [0.25, 0.3) is 0 Å². The van der Waals surface area contributed by atoms with Gasteiger partial charge in [-0.2, -0.15) is 17.4 Å². The van der Waals surface area contributed by atoms with Crippen LogP contribution in [0.2, 0.25) is 0 Å². The van der Waals surface area contributed by atoms with Crippen molar-refractivity contribution < 1.29 is 8.42 Å². The average molecular weight is 288 g/mol. The first-order valence-electron chi connectivity index (χ1n) is 6.33. The molecule has 18 heavy (non-hydrogen) atoms. The van der Waals surface area contributed by atoms with Crippen LogP contribution in [0.15, 0.2) is 17.5 Å². The normalized spacial score (nSPS) is 24.0. The van der Waals surface area contributed by atoms with Gasteiger partial charge in [0.1, 0.15) is 0 Å². The number of hydrogen-bond donors (Lipinski definition) is 1. The highest BCUT2D eigenvalue weighted by Crippen LogP contribution is 2.23. The second-order valence-corrected chi connectivity index (χ2v) is 7.45. The molecule has 1 aromatic heterocycles. The molecule has 0 spiro atoms. The molecule has 1 aliphatic rings. The molecule has 2 rings (SSSR count). The maximum atomic E-state index is 12.3. The van der Waals surface area contributed by atoms with Crippen molar-refractivity contribution in [3.05, 3.63) is 22.4 Å². The van der Waals surface area contributed by atoms with E-state index in [0.29, 0.717) is 6.54 Å². The molecule has 4 nitrogen and oxygen atoms in total. The Balaban J connectivity index is 2.07. The summed E-state index contributed by atoms with van der Waals surface area (Å²) in [7, 11) is -3.37. The van der Waals surface area contributed by atoms with E-state index in [0.717, 1.165) is 24.1 Å². The Hall–Kier alpha value is -0.430. The van der Waals surface area contributed by atoms with E-state index in [2.05, 4.69) is 4.72 Å². The molecule has 1 saturated heterocycles. The van der Waals surface area contributed by atoms with Crippen LogP contribution in [0.5, 0.6) is 0 Å². The monoisotopic (exact) mass is 288 g/mol. The summed E-state index contributed by atoms with van der Waals surface area (Å²) in [5.74, 6) is 0. The van der Waals surface area contributed by atoms with Gasteiger partial charge in [0.15, 0.2) is 0 Å². The molecule has 0 bridgehead atoms. The number of hydrogen-bond acceptors (Lipinski definition) is 3.